The molecule has 1 aliphatic rings. The minimum Gasteiger partial charge on any atom is -0.336 e. The summed E-state index contributed by atoms with van der Waals surface area (Å²) < 4.78 is 0. The van der Waals surface area contributed by atoms with E-state index in [2.05, 4.69) is 5.32 Å². The van der Waals surface area contributed by atoms with E-state index in [-0.39, 0.29) is 12.1 Å². The molecule has 0 aromatic heterocycles. The van der Waals surface area contributed by atoms with Crippen LogP contribution in [0.15, 0.2) is 0 Å². The number of hydrogen-bond donors (Lipinski definition) is 2. The summed E-state index contributed by atoms with van der Waals surface area (Å²) in [5.74, 6) is 0. The average Bonchev–Trinajstić information content (AvgIpc) is 2.27. The molecular formula is C11H23N3O. The summed E-state index contributed by atoms with van der Waals surface area (Å²) in [6.07, 6.45) is 5.49. The molecule has 0 bridgehead atoms. The Hall–Kier alpha value is -0.770. The summed E-state index contributed by atoms with van der Waals surface area (Å²) in [5, 5.41) is 3.02. The second-order valence-corrected chi connectivity index (χ2v) is 4.33. The summed E-state index contributed by atoms with van der Waals surface area (Å²) >= 11 is 0. The van der Waals surface area contributed by atoms with E-state index in [1.165, 1.54) is 6.42 Å². The standard InChI is InChI=1S/C11H23N3O/c1-10(6-5-7-12)13-11(15)14-8-3-2-4-9-14/h10H,2-9,12H2,1H3,(H,13,15). The normalized spacial score (nSPS) is 18.7. The van der Waals surface area contributed by atoms with Gasteiger partial charge in [-0.3, -0.25) is 0 Å². The molecule has 15 heavy (non-hydrogen) atoms. The monoisotopic (exact) mass is 213 g/mol. The average molecular weight is 213 g/mol. The summed E-state index contributed by atoms with van der Waals surface area (Å²) in [7, 11) is 0. The van der Waals surface area contributed by atoms with Crippen LogP contribution < -0.4 is 11.1 Å². The smallest absolute Gasteiger partial charge is 0.317 e. The zero-order chi connectivity index (χ0) is 11.1. The highest BCUT2D eigenvalue weighted by molar-refractivity contribution is 5.74. The van der Waals surface area contributed by atoms with Crippen molar-refractivity contribution in [3.63, 3.8) is 0 Å². The summed E-state index contributed by atoms with van der Waals surface area (Å²) in [6.45, 7) is 4.56. The van der Waals surface area contributed by atoms with Crippen LogP contribution in [-0.2, 0) is 0 Å². The van der Waals surface area contributed by atoms with E-state index in [1.54, 1.807) is 0 Å². The summed E-state index contributed by atoms with van der Waals surface area (Å²) in [6, 6.07) is 0.335. The highest BCUT2D eigenvalue weighted by Crippen LogP contribution is 2.08. The molecule has 0 aromatic rings. The number of urea groups is 1. The van der Waals surface area contributed by atoms with Gasteiger partial charge in [0.05, 0.1) is 0 Å². The van der Waals surface area contributed by atoms with Crippen LogP contribution in [-0.4, -0.2) is 36.6 Å². The van der Waals surface area contributed by atoms with Gasteiger partial charge < -0.3 is 16.0 Å². The van der Waals surface area contributed by atoms with E-state index in [0.29, 0.717) is 6.54 Å². The molecule has 88 valence electrons. The van der Waals surface area contributed by atoms with Crippen molar-refractivity contribution in [1.82, 2.24) is 10.2 Å². The van der Waals surface area contributed by atoms with Crippen molar-refractivity contribution in [2.24, 2.45) is 5.73 Å². The molecule has 2 amide bonds. The van der Waals surface area contributed by atoms with Gasteiger partial charge in [-0.15, -0.1) is 0 Å². The number of nitrogens with two attached hydrogens (primary N) is 1. The topological polar surface area (TPSA) is 58.4 Å². The van der Waals surface area contributed by atoms with Crippen LogP contribution in [0.5, 0.6) is 0 Å². The second kappa shape index (κ2) is 6.67. The van der Waals surface area contributed by atoms with Gasteiger partial charge in [0.2, 0.25) is 0 Å². The van der Waals surface area contributed by atoms with Crippen molar-refractivity contribution < 1.29 is 4.79 Å². The van der Waals surface area contributed by atoms with Gasteiger partial charge in [0, 0.05) is 19.1 Å². The Kier molecular flexibility index (Phi) is 5.47. The molecule has 1 fully saturated rings. The fraction of sp³-hybridized carbons (Fsp3) is 0.909. The lowest BCUT2D eigenvalue weighted by molar-refractivity contribution is 0.182. The molecule has 1 saturated heterocycles. The molecule has 0 spiro atoms. The fourth-order valence-electron chi connectivity index (χ4n) is 1.90. The Morgan fingerprint density at radius 3 is 2.67 bits per heavy atom. The Bertz CT molecular complexity index is 190. The van der Waals surface area contributed by atoms with E-state index in [9.17, 15) is 4.79 Å². The quantitative estimate of drug-likeness (QED) is 0.739. The Morgan fingerprint density at radius 2 is 2.07 bits per heavy atom. The number of amides is 2. The number of carbonyl (C=O) groups is 1. The van der Waals surface area contributed by atoms with Crippen LogP contribution in [0.2, 0.25) is 0 Å². The van der Waals surface area contributed by atoms with Gasteiger partial charge in [0.1, 0.15) is 0 Å². The van der Waals surface area contributed by atoms with Crippen molar-refractivity contribution in [2.75, 3.05) is 19.6 Å². The van der Waals surface area contributed by atoms with Crippen molar-refractivity contribution in [2.45, 2.75) is 45.1 Å². The maximum atomic E-state index is 11.8. The summed E-state index contributed by atoms with van der Waals surface area (Å²) in [4.78, 5) is 13.7. The number of carbonyl (C=O) groups excluding carboxylic acids is 1. The van der Waals surface area contributed by atoms with Gasteiger partial charge in [-0.25, -0.2) is 4.79 Å². The van der Waals surface area contributed by atoms with E-state index >= 15 is 0 Å². The third kappa shape index (κ3) is 4.51. The van der Waals surface area contributed by atoms with Crippen LogP contribution in [0, 0.1) is 0 Å². The largest absolute Gasteiger partial charge is 0.336 e. The third-order valence-corrected chi connectivity index (χ3v) is 2.85. The highest BCUT2D eigenvalue weighted by Gasteiger charge is 2.17. The minimum atomic E-state index is 0.0965. The van der Waals surface area contributed by atoms with Crippen LogP contribution in [0.1, 0.15) is 39.0 Å². The van der Waals surface area contributed by atoms with Gasteiger partial charge in [-0.1, -0.05) is 0 Å². The summed E-state index contributed by atoms with van der Waals surface area (Å²) in [5.41, 5.74) is 5.43. The zero-order valence-electron chi connectivity index (χ0n) is 9.67. The van der Waals surface area contributed by atoms with Gasteiger partial charge in [-0.2, -0.15) is 0 Å². The number of hydrogen-bond acceptors (Lipinski definition) is 2. The molecule has 4 nitrogen and oxygen atoms in total. The number of rotatable bonds is 4. The third-order valence-electron chi connectivity index (χ3n) is 2.85. The zero-order valence-corrected chi connectivity index (χ0v) is 9.67. The van der Waals surface area contributed by atoms with E-state index in [0.717, 1.165) is 38.8 Å². The maximum absolute atomic E-state index is 11.8. The minimum absolute atomic E-state index is 0.0965. The van der Waals surface area contributed by atoms with Gasteiger partial charge in [0.25, 0.3) is 0 Å². The Morgan fingerprint density at radius 1 is 1.40 bits per heavy atom. The molecule has 0 aliphatic carbocycles. The van der Waals surface area contributed by atoms with Crippen LogP contribution in [0.4, 0.5) is 4.79 Å². The lowest BCUT2D eigenvalue weighted by Crippen LogP contribution is -2.46. The predicted octanol–water partition coefficient (Wildman–Crippen LogP) is 1.31. The molecule has 1 unspecified atom stereocenters. The van der Waals surface area contributed by atoms with Crippen LogP contribution in [0.25, 0.3) is 0 Å². The predicted molar refractivity (Wildman–Crippen MR) is 61.7 cm³/mol. The van der Waals surface area contributed by atoms with E-state index in [4.69, 9.17) is 5.73 Å². The first-order valence-corrected chi connectivity index (χ1v) is 5.99. The van der Waals surface area contributed by atoms with Gasteiger partial charge in [0.15, 0.2) is 0 Å². The molecule has 1 aliphatic heterocycles. The van der Waals surface area contributed by atoms with E-state index < -0.39 is 0 Å². The molecule has 0 aromatic carbocycles. The molecule has 1 rings (SSSR count). The number of likely N-dealkylation sites (tertiary alicyclic amines) is 1. The first-order valence-electron chi connectivity index (χ1n) is 5.99. The molecule has 1 atom stereocenters. The van der Waals surface area contributed by atoms with Crippen molar-refractivity contribution in [3.05, 3.63) is 0 Å². The Labute approximate surface area is 92.2 Å². The first kappa shape index (κ1) is 12.3. The fourth-order valence-corrected chi connectivity index (χ4v) is 1.90. The van der Waals surface area contributed by atoms with Crippen molar-refractivity contribution in [3.8, 4) is 0 Å². The van der Waals surface area contributed by atoms with E-state index in [1.807, 2.05) is 11.8 Å². The van der Waals surface area contributed by atoms with Crippen LogP contribution in [0.3, 0.4) is 0 Å². The molecule has 3 N–H and O–H groups in total. The maximum Gasteiger partial charge on any atom is 0.317 e. The lowest BCUT2D eigenvalue weighted by atomic mass is 10.1. The Balaban J connectivity index is 2.21. The lowest BCUT2D eigenvalue weighted by Gasteiger charge is -2.28. The van der Waals surface area contributed by atoms with Crippen molar-refractivity contribution >= 4 is 6.03 Å². The number of nitrogens with one attached hydrogen (secondary N) is 1. The van der Waals surface area contributed by atoms with Crippen molar-refractivity contribution in [1.29, 1.82) is 0 Å². The molecule has 1 heterocycles. The molecule has 0 radical (unpaired) electrons. The van der Waals surface area contributed by atoms with Crippen LogP contribution >= 0.6 is 0 Å². The first-order chi connectivity index (χ1) is 7.24. The second-order valence-electron chi connectivity index (χ2n) is 4.33. The van der Waals surface area contributed by atoms with Gasteiger partial charge in [-0.05, 0) is 45.6 Å². The highest BCUT2D eigenvalue weighted by atomic mass is 16.2. The molecular weight excluding hydrogens is 190 g/mol. The molecule has 4 heteroatoms. The molecule has 0 saturated carbocycles. The SMILES string of the molecule is CC(CCCN)NC(=O)N1CCCCC1. The number of piperidine rings is 1. The van der Waals surface area contributed by atoms with Gasteiger partial charge >= 0.3 is 6.03 Å². The number of nitrogens with zero attached hydrogens (tertiary/aromatic N) is 1.